The van der Waals surface area contributed by atoms with Gasteiger partial charge < -0.3 is 0 Å². The SMILES string of the molecule is CC1(C)c2cc(Br)ccc2-c2cc3c4ccccc4c4ccc5ccccc5c4c3cc21. The minimum atomic E-state index is -0.0365. The largest absolute Gasteiger partial charge is 0.0616 e. The number of fused-ring (bicyclic) bond motifs is 11. The van der Waals surface area contributed by atoms with Crippen molar-refractivity contribution in [2.45, 2.75) is 19.3 Å². The Balaban J connectivity index is 1.76. The highest BCUT2D eigenvalue weighted by Gasteiger charge is 2.36. The number of benzene rings is 6. The fourth-order valence-electron chi connectivity index (χ4n) is 5.92. The summed E-state index contributed by atoms with van der Waals surface area (Å²) in [5.41, 5.74) is 5.51. The molecular weight excluding hydrogens is 452 g/mol. The smallest absolute Gasteiger partial charge is 0.0178 e. The third-order valence-electron chi connectivity index (χ3n) is 7.48. The van der Waals surface area contributed by atoms with Crippen molar-refractivity contribution in [1.29, 1.82) is 0 Å². The third kappa shape index (κ3) is 2.27. The molecular formula is C31H21Br. The zero-order valence-electron chi connectivity index (χ0n) is 18.0. The molecule has 1 aliphatic rings. The zero-order valence-corrected chi connectivity index (χ0v) is 19.6. The van der Waals surface area contributed by atoms with Gasteiger partial charge in [0, 0.05) is 9.89 Å². The van der Waals surface area contributed by atoms with Gasteiger partial charge in [-0.2, -0.15) is 0 Å². The molecule has 0 heterocycles. The summed E-state index contributed by atoms with van der Waals surface area (Å²) < 4.78 is 1.14. The van der Waals surface area contributed by atoms with Gasteiger partial charge in [0.05, 0.1) is 0 Å². The number of hydrogen-bond acceptors (Lipinski definition) is 0. The number of hydrogen-bond donors (Lipinski definition) is 0. The molecule has 0 radical (unpaired) electrons. The first-order valence-corrected chi connectivity index (χ1v) is 11.9. The van der Waals surface area contributed by atoms with Crippen LogP contribution in [0, 0.1) is 0 Å². The van der Waals surface area contributed by atoms with Crippen molar-refractivity contribution in [3.8, 4) is 11.1 Å². The summed E-state index contributed by atoms with van der Waals surface area (Å²) in [6.07, 6.45) is 0. The third-order valence-corrected chi connectivity index (χ3v) is 7.98. The fraction of sp³-hybridized carbons (Fsp3) is 0.0968. The zero-order chi connectivity index (χ0) is 21.6. The Bertz CT molecular complexity index is 1750. The lowest BCUT2D eigenvalue weighted by molar-refractivity contribution is 0.661. The van der Waals surface area contributed by atoms with E-state index >= 15 is 0 Å². The summed E-state index contributed by atoms with van der Waals surface area (Å²) in [5.74, 6) is 0. The highest BCUT2D eigenvalue weighted by atomic mass is 79.9. The maximum atomic E-state index is 3.70. The molecule has 0 atom stereocenters. The highest BCUT2D eigenvalue weighted by Crippen LogP contribution is 2.52. The Kier molecular flexibility index (Phi) is 3.57. The van der Waals surface area contributed by atoms with Crippen molar-refractivity contribution in [3.63, 3.8) is 0 Å². The number of halogens is 1. The van der Waals surface area contributed by atoms with E-state index in [0.717, 1.165) is 4.47 Å². The summed E-state index contributed by atoms with van der Waals surface area (Å²) in [6.45, 7) is 4.72. The van der Waals surface area contributed by atoms with Crippen molar-refractivity contribution >= 4 is 59.0 Å². The van der Waals surface area contributed by atoms with Crippen LogP contribution in [-0.4, -0.2) is 0 Å². The Morgan fingerprint density at radius 1 is 0.531 bits per heavy atom. The molecule has 0 amide bonds. The first-order valence-electron chi connectivity index (χ1n) is 11.1. The Morgan fingerprint density at radius 2 is 1.22 bits per heavy atom. The van der Waals surface area contributed by atoms with Crippen molar-refractivity contribution in [1.82, 2.24) is 0 Å². The van der Waals surface area contributed by atoms with Gasteiger partial charge >= 0.3 is 0 Å². The normalized spacial score (nSPS) is 14.3. The predicted molar refractivity (Wildman–Crippen MR) is 142 cm³/mol. The van der Waals surface area contributed by atoms with E-state index in [2.05, 4.69) is 121 Å². The van der Waals surface area contributed by atoms with Gasteiger partial charge in [-0.1, -0.05) is 96.5 Å². The monoisotopic (exact) mass is 472 g/mol. The molecule has 0 aromatic heterocycles. The second kappa shape index (κ2) is 6.21. The van der Waals surface area contributed by atoms with Crippen LogP contribution in [0.5, 0.6) is 0 Å². The maximum Gasteiger partial charge on any atom is 0.0178 e. The van der Waals surface area contributed by atoms with E-state index in [4.69, 9.17) is 0 Å². The van der Waals surface area contributed by atoms with Gasteiger partial charge in [0.15, 0.2) is 0 Å². The lowest BCUT2D eigenvalue weighted by Gasteiger charge is -2.22. The van der Waals surface area contributed by atoms with Gasteiger partial charge in [-0.05, 0) is 89.6 Å². The summed E-state index contributed by atoms with van der Waals surface area (Å²) >= 11 is 3.70. The van der Waals surface area contributed by atoms with Gasteiger partial charge in [0.25, 0.3) is 0 Å². The van der Waals surface area contributed by atoms with Crippen LogP contribution in [0.15, 0.2) is 95.5 Å². The lowest BCUT2D eigenvalue weighted by atomic mass is 9.81. The minimum Gasteiger partial charge on any atom is -0.0616 e. The summed E-state index contributed by atoms with van der Waals surface area (Å²) in [4.78, 5) is 0. The molecule has 0 saturated carbocycles. The van der Waals surface area contributed by atoms with E-state index in [1.807, 2.05) is 0 Å². The van der Waals surface area contributed by atoms with Crippen LogP contribution in [-0.2, 0) is 5.41 Å². The second-order valence-corrected chi connectivity index (χ2v) is 10.4. The van der Waals surface area contributed by atoms with E-state index < -0.39 is 0 Å². The van der Waals surface area contributed by atoms with Crippen molar-refractivity contribution in [2.24, 2.45) is 0 Å². The molecule has 7 rings (SSSR count). The van der Waals surface area contributed by atoms with E-state index in [1.54, 1.807) is 0 Å². The first-order chi connectivity index (χ1) is 15.5. The molecule has 0 bridgehead atoms. The predicted octanol–water partition coefficient (Wildman–Crippen LogP) is 9.37. The molecule has 1 aliphatic carbocycles. The van der Waals surface area contributed by atoms with E-state index in [9.17, 15) is 0 Å². The molecule has 0 unspecified atom stereocenters. The average Bonchev–Trinajstić information content (AvgIpc) is 3.03. The van der Waals surface area contributed by atoms with Crippen LogP contribution in [0.2, 0.25) is 0 Å². The van der Waals surface area contributed by atoms with Crippen LogP contribution < -0.4 is 0 Å². The lowest BCUT2D eigenvalue weighted by Crippen LogP contribution is -2.15. The molecule has 6 aromatic carbocycles. The maximum absolute atomic E-state index is 3.70. The molecule has 0 aliphatic heterocycles. The van der Waals surface area contributed by atoms with Gasteiger partial charge in [-0.3, -0.25) is 0 Å². The Morgan fingerprint density at radius 3 is 2.03 bits per heavy atom. The van der Waals surface area contributed by atoms with Crippen LogP contribution in [0.3, 0.4) is 0 Å². The topological polar surface area (TPSA) is 0 Å². The van der Waals surface area contributed by atoms with Gasteiger partial charge in [-0.25, -0.2) is 0 Å². The Hall–Kier alpha value is -3.16. The second-order valence-electron chi connectivity index (χ2n) is 9.51. The van der Waals surface area contributed by atoms with E-state index in [0.29, 0.717) is 0 Å². The fourth-order valence-corrected chi connectivity index (χ4v) is 6.28. The molecule has 6 aromatic rings. The average molecular weight is 473 g/mol. The summed E-state index contributed by atoms with van der Waals surface area (Å²) in [6, 6.07) is 33.9. The molecule has 32 heavy (non-hydrogen) atoms. The van der Waals surface area contributed by atoms with Gasteiger partial charge in [0.2, 0.25) is 0 Å². The standard InChI is InChI=1S/C31H21Br/c1-31(2)28-15-19(32)12-14-23(28)26-16-25-22-10-6-5-9-21(22)24-13-11-18-7-3-4-8-20(18)30(24)27(25)17-29(26)31/h3-17H,1-2H3. The number of rotatable bonds is 0. The van der Waals surface area contributed by atoms with Crippen molar-refractivity contribution < 1.29 is 0 Å². The summed E-state index contributed by atoms with van der Waals surface area (Å²) in [7, 11) is 0. The molecule has 0 fully saturated rings. The molecule has 0 N–H and O–H groups in total. The molecule has 1 heteroatoms. The van der Waals surface area contributed by atoms with Crippen molar-refractivity contribution in [2.75, 3.05) is 0 Å². The molecule has 0 saturated heterocycles. The highest BCUT2D eigenvalue weighted by molar-refractivity contribution is 9.10. The van der Waals surface area contributed by atoms with Crippen LogP contribution >= 0.6 is 15.9 Å². The molecule has 152 valence electrons. The van der Waals surface area contributed by atoms with Gasteiger partial charge in [-0.15, -0.1) is 0 Å². The molecule has 0 nitrogen and oxygen atoms in total. The van der Waals surface area contributed by atoms with E-state index in [1.165, 1.54) is 65.3 Å². The van der Waals surface area contributed by atoms with Crippen LogP contribution in [0.1, 0.15) is 25.0 Å². The summed E-state index contributed by atoms with van der Waals surface area (Å²) in [5, 5.41) is 10.7. The van der Waals surface area contributed by atoms with Crippen LogP contribution in [0.25, 0.3) is 54.2 Å². The minimum absolute atomic E-state index is 0.0365. The molecule has 0 spiro atoms. The van der Waals surface area contributed by atoms with Crippen LogP contribution in [0.4, 0.5) is 0 Å². The van der Waals surface area contributed by atoms with Gasteiger partial charge in [0.1, 0.15) is 0 Å². The quantitative estimate of drug-likeness (QED) is 0.193. The van der Waals surface area contributed by atoms with Crippen molar-refractivity contribution in [3.05, 3.63) is 107 Å². The van der Waals surface area contributed by atoms with E-state index in [-0.39, 0.29) is 5.41 Å². The Labute approximate surface area is 195 Å². The first kappa shape index (κ1) is 18.4.